The first-order valence-electron chi connectivity index (χ1n) is 8.48. The summed E-state index contributed by atoms with van der Waals surface area (Å²) in [6, 6.07) is 4.75. The molecule has 2 N–H and O–H groups in total. The highest BCUT2D eigenvalue weighted by molar-refractivity contribution is 7.89. The fraction of sp³-hybridized carbons (Fsp3) is 0.500. The Bertz CT molecular complexity index is 848. The van der Waals surface area contributed by atoms with Gasteiger partial charge < -0.3 is 15.2 Å². The van der Waals surface area contributed by atoms with Crippen LogP contribution in [0.5, 0.6) is 0 Å². The van der Waals surface area contributed by atoms with Crippen LogP contribution >= 0.6 is 0 Å². The second kappa shape index (κ2) is 7.40. The number of urea groups is 1. The van der Waals surface area contributed by atoms with Gasteiger partial charge in [-0.15, -0.1) is 0 Å². The number of amides is 2. The summed E-state index contributed by atoms with van der Waals surface area (Å²) in [5, 5.41) is 2.84. The number of aromatic nitrogens is 2. The molecule has 8 nitrogen and oxygen atoms in total. The number of imidazole rings is 1. The van der Waals surface area contributed by atoms with Crippen LogP contribution in [0.15, 0.2) is 29.4 Å². The molecule has 2 amide bonds. The standard InChI is InChI=1S/C16H23N5O3S/c1-2-6-17-16(22)20-7-3-8-21(10-9-20)25(23,24)13-4-5-14-15(11-13)19-12-18-14/h4-5,11-12H,2-3,6-10H2,1H3,(H,17,22)(H,18,19). The Balaban J connectivity index is 1.73. The van der Waals surface area contributed by atoms with E-state index in [9.17, 15) is 13.2 Å². The molecule has 2 heterocycles. The highest BCUT2D eigenvalue weighted by Gasteiger charge is 2.28. The van der Waals surface area contributed by atoms with Gasteiger partial charge in [0.25, 0.3) is 0 Å². The number of fused-ring (bicyclic) bond motifs is 1. The van der Waals surface area contributed by atoms with Gasteiger partial charge in [0, 0.05) is 32.7 Å². The van der Waals surface area contributed by atoms with E-state index in [1.54, 1.807) is 29.4 Å². The lowest BCUT2D eigenvalue weighted by Gasteiger charge is -2.22. The summed E-state index contributed by atoms with van der Waals surface area (Å²) in [6.07, 6.45) is 3.03. The van der Waals surface area contributed by atoms with Crippen LogP contribution in [0.4, 0.5) is 4.79 Å². The molecular weight excluding hydrogens is 342 g/mol. The van der Waals surface area contributed by atoms with Crippen LogP contribution in [0.2, 0.25) is 0 Å². The summed E-state index contributed by atoms with van der Waals surface area (Å²) in [5.74, 6) is 0. The Labute approximate surface area is 147 Å². The Morgan fingerprint density at radius 1 is 1.28 bits per heavy atom. The topological polar surface area (TPSA) is 98.4 Å². The van der Waals surface area contributed by atoms with Gasteiger partial charge in [-0.05, 0) is 31.0 Å². The molecule has 9 heteroatoms. The molecule has 2 aromatic rings. The molecule has 136 valence electrons. The minimum absolute atomic E-state index is 0.125. The zero-order chi connectivity index (χ0) is 17.9. The van der Waals surface area contributed by atoms with E-state index in [-0.39, 0.29) is 10.9 Å². The molecule has 1 fully saturated rings. The fourth-order valence-corrected chi connectivity index (χ4v) is 4.40. The lowest BCUT2D eigenvalue weighted by molar-refractivity contribution is 0.200. The van der Waals surface area contributed by atoms with Crippen molar-refractivity contribution >= 4 is 27.1 Å². The lowest BCUT2D eigenvalue weighted by atomic mass is 10.3. The molecule has 1 aromatic carbocycles. The van der Waals surface area contributed by atoms with Crippen molar-refractivity contribution in [1.82, 2.24) is 24.5 Å². The molecule has 0 unspecified atom stereocenters. The molecule has 1 aliphatic rings. The van der Waals surface area contributed by atoms with Crippen LogP contribution in [0.3, 0.4) is 0 Å². The van der Waals surface area contributed by atoms with Crippen molar-refractivity contribution in [2.24, 2.45) is 0 Å². The quantitative estimate of drug-likeness (QED) is 0.855. The SMILES string of the molecule is CCCNC(=O)N1CCCN(S(=O)(=O)c2ccc3nc[nH]c3c2)CC1. The second-order valence-corrected chi connectivity index (χ2v) is 8.00. The van der Waals surface area contributed by atoms with Crippen molar-refractivity contribution in [2.75, 3.05) is 32.7 Å². The van der Waals surface area contributed by atoms with Crippen molar-refractivity contribution in [1.29, 1.82) is 0 Å². The molecule has 1 saturated heterocycles. The number of sulfonamides is 1. The summed E-state index contributed by atoms with van der Waals surface area (Å²) in [5.41, 5.74) is 1.42. The maximum absolute atomic E-state index is 12.9. The van der Waals surface area contributed by atoms with Crippen molar-refractivity contribution in [3.8, 4) is 0 Å². The second-order valence-electron chi connectivity index (χ2n) is 6.06. The van der Waals surface area contributed by atoms with Crippen LogP contribution in [-0.4, -0.2) is 66.3 Å². The van der Waals surface area contributed by atoms with E-state index < -0.39 is 10.0 Å². The third-order valence-corrected chi connectivity index (χ3v) is 6.19. The highest BCUT2D eigenvalue weighted by atomic mass is 32.2. The van der Waals surface area contributed by atoms with Gasteiger partial charge in [0.2, 0.25) is 10.0 Å². The number of rotatable bonds is 4. The molecule has 3 rings (SSSR count). The normalized spacial score (nSPS) is 16.8. The molecule has 0 atom stereocenters. The number of carbonyl (C=O) groups excluding carboxylic acids is 1. The third-order valence-electron chi connectivity index (χ3n) is 4.30. The largest absolute Gasteiger partial charge is 0.345 e. The predicted octanol–water partition coefficient (Wildman–Crippen LogP) is 1.38. The number of hydrogen-bond acceptors (Lipinski definition) is 4. The number of benzene rings is 1. The number of hydrogen-bond donors (Lipinski definition) is 2. The summed E-state index contributed by atoms with van der Waals surface area (Å²) >= 11 is 0. The van der Waals surface area contributed by atoms with E-state index in [1.807, 2.05) is 6.92 Å². The molecule has 0 aliphatic carbocycles. The highest BCUT2D eigenvalue weighted by Crippen LogP contribution is 2.21. The van der Waals surface area contributed by atoms with Gasteiger partial charge in [0.05, 0.1) is 22.3 Å². The zero-order valence-corrected chi connectivity index (χ0v) is 15.1. The van der Waals surface area contributed by atoms with E-state index in [2.05, 4.69) is 15.3 Å². The molecule has 0 spiro atoms. The van der Waals surface area contributed by atoms with E-state index in [0.29, 0.717) is 44.7 Å². The van der Waals surface area contributed by atoms with Crippen LogP contribution in [0, 0.1) is 0 Å². The molecule has 0 saturated carbocycles. The molecule has 0 radical (unpaired) electrons. The van der Waals surface area contributed by atoms with Crippen LogP contribution in [0.1, 0.15) is 19.8 Å². The smallest absolute Gasteiger partial charge is 0.317 e. The van der Waals surface area contributed by atoms with Crippen LogP contribution in [-0.2, 0) is 10.0 Å². The fourth-order valence-electron chi connectivity index (χ4n) is 2.91. The minimum Gasteiger partial charge on any atom is -0.345 e. The Morgan fingerprint density at radius 2 is 2.12 bits per heavy atom. The monoisotopic (exact) mass is 365 g/mol. The van der Waals surface area contributed by atoms with Crippen molar-refractivity contribution in [3.63, 3.8) is 0 Å². The van der Waals surface area contributed by atoms with Crippen molar-refractivity contribution in [3.05, 3.63) is 24.5 Å². The maximum atomic E-state index is 12.9. The zero-order valence-electron chi connectivity index (χ0n) is 14.2. The first kappa shape index (κ1) is 17.7. The Kier molecular flexibility index (Phi) is 5.24. The first-order chi connectivity index (χ1) is 12.0. The molecular formula is C16H23N5O3S. The van der Waals surface area contributed by atoms with Gasteiger partial charge in [-0.2, -0.15) is 4.31 Å². The number of aromatic amines is 1. The van der Waals surface area contributed by atoms with E-state index in [4.69, 9.17) is 0 Å². The average molecular weight is 365 g/mol. The number of nitrogens with zero attached hydrogens (tertiary/aromatic N) is 3. The number of H-pyrrole nitrogens is 1. The summed E-state index contributed by atoms with van der Waals surface area (Å²) in [6.45, 7) is 4.26. The van der Waals surface area contributed by atoms with Crippen LogP contribution < -0.4 is 5.32 Å². The van der Waals surface area contributed by atoms with Gasteiger partial charge in [0.15, 0.2) is 0 Å². The summed E-state index contributed by atoms with van der Waals surface area (Å²) in [7, 11) is -3.59. The molecule has 1 aromatic heterocycles. The minimum atomic E-state index is -3.59. The first-order valence-corrected chi connectivity index (χ1v) is 9.92. The Morgan fingerprint density at radius 3 is 2.92 bits per heavy atom. The van der Waals surface area contributed by atoms with Crippen molar-refractivity contribution in [2.45, 2.75) is 24.7 Å². The van der Waals surface area contributed by atoms with E-state index in [1.165, 1.54) is 4.31 Å². The summed E-state index contributed by atoms with van der Waals surface area (Å²) < 4.78 is 27.3. The van der Waals surface area contributed by atoms with Crippen molar-refractivity contribution < 1.29 is 13.2 Å². The number of carbonyl (C=O) groups is 1. The van der Waals surface area contributed by atoms with Gasteiger partial charge in [-0.3, -0.25) is 0 Å². The lowest BCUT2D eigenvalue weighted by Crippen LogP contribution is -2.42. The van der Waals surface area contributed by atoms with Gasteiger partial charge in [-0.25, -0.2) is 18.2 Å². The van der Waals surface area contributed by atoms with Gasteiger partial charge in [0.1, 0.15) is 0 Å². The number of nitrogens with one attached hydrogen (secondary N) is 2. The third kappa shape index (κ3) is 3.77. The Hall–Kier alpha value is -2.13. The van der Waals surface area contributed by atoms with Gasteiger partial charge in [-0.1, -0.05) is 6.92 Å². The molecule has 0 bridgehead atoms. The molecule has 25 heavy (non-hydrogen) atoms. The maximum Gasteiger partial charge on any atom is 0.317 e. The van der Waals surface area contributed by atoms with E-state index in [0.717, 1.165) is 11.9 Å². The predicted molar refractivity (Wildman–Crippen MR) is 94.7 cm³/mol. The van der Waals surface area contributed by atoms with Gasteiger partial charge >= 0.3 is 6.03 Å². The average Bonchev–Trinajstić information content (AvgIpc) is 2.93. The van der Waals surface area contributed by atoms with E-state index >= 15 is 0 Å². The molecule has 1 aliphatic heterocycles. The summed E-state index contributed by atoms with van der Waals surface area (Å²) in [4.78, 5) is 21.1. The van der Waals surface area contributed by atoms with Crippen LogP contribution in [0.25, 0.3) is 11.0 Å².